The second-order valence-corrected chi connectivity index (χ2v) is 16.0. The van der Waals surface area contributed by atoms with Crippen molar-refractivity contribution < 1.29 is 26.7 Å². The SMILES string of the molecule is CN(C)C1CCN(CC(O)Cn2nc(-c3ccc(C(F)(F)F)c(SCCN4CCCCC4)c3)c3c2CCN(S(C)(=O)=O)C3)CC1. The lowest BCUT2D eigenvalue weighted by atomic mass is 10.0. The van der Waals surface area contributed by atoms with E-state index in [2.05, 4.69) is 28.8 Å². The van der Waals surface area contributed by atoms with Crippen molar-refractivity contribution in [3.8, 4) is 11.3 Å². The fourth-order valence-corrected chi connectivity index (χ4v) is 8.70. The number of aliphatic hydroxyl groups is 1. The van der Waals surface area contributed by atoms with Gasteiger partial charge in [0.2, 0.25) is 10.0 Å². The van der Waals surface area contributed by atoms with Gasteiger partial charge >= 0.3 is 6.18 Å². The van der Waals surface area contributed by atoms with E-state index in [0.29, 0.717) is 41.6 Å². The Labute approximate surface area is 269 Å². The molecule has 1 atom stereocenters. The Bertz CT molecular complexity index is 1400. The molecule has 252 valence electrons. The van der Waals surface area contributed by atoms with Crippen molar-refractivity contribution in [2.75, 3.05) is 71.9 Å². The maximum Gasteiger partial charge on any atom is 0.417 e. The minimum atomic E-state index is -4.50. The maximum absolute atomic E-state index is 14.1. The number of hydrogen-bond donors (Lipinski definition) is 1. The molecule has 5 rings (SSSR count). The van der Waals surface area contributed by atoms with Gasteiger partial charge in [0, 0.05) is 66.1 Å². The molecule has 3 aliphatic heterocycles. The average molecular weight is 673 g/mol. The van der Waals surface area contributed by atoms with Gasteiger partial charge in [-0.25, -0.2) is 8.42 Å². The third-order valence-electron chi connectivity index (χ3n) is 9.38. The summed E-state index contributed by atoms with van der Waals surface area (Å²) in [5.74, 6) is 0.541. The number of rotatable bonds is 11. The highest BCUT2D eigenvalue weighted by atomic mass is 32.2. The van der Waals surface area contributed by atoms with Crippen LogP contribution >= 0.6 is 11.8 Å². The van der Waals surface area contributed by atoms with E-state index < -0.39 is 27.9 Å². The van der Waals surface area contributed by atoms with E-state index in [0.717, 1.165) is 70.2 Å². The number of aromatic nitrogens is 2. The topological polar surface area (TPSA) is 85.2 Å². The Morgan fingerprint density at radius 2 is 1.76 bits per heavy atom. The predicted octanol–water partition coefficient (Wildman–Crippen LogP) is 3.85. The number of hydrogen-bond acceptors (Lipinski definition) is 8. The van der Waals surface area contributed by atoms with E-state index >= 15 is 0 Å². The largest absolute Gasteiger partial charge is 0.417 e. The van der Waals surface area contributed by atoms with Crippen LogP contribution in [0.4, 0.5) is 13.2 Å². The number of likely N-dealkylation sites (tertiary alicyclic amines) is 2. The number of aliphatic hydroxyl groups excluding tert-OH is 1. The van der Waals surface area contributed by atoms with Crippen LogP contribution in [0.3, 0.4) is 0 Å². The molecule has 3 aliphatic rings. The third kappa shape index (κ3) is 8.82. The highest BCUT2D eigenvalue weighted by Crippen LogP contribution is 2.40. The van der Waals surface area contributed by atoms with E-state index in [9.17, 15) is 26.7 Å². The smallest absolute Gasteiger partial charge is 0.390 e. The first-order valence-corrected chi connectivity index (χ1v) is 18.8. The maximum atomic E-state index is 14.1. The second kappa shape index (κ2) is 14.6. The zero-order chi connectivity index (χ0) is 32.4. The van der Waals surface area contributed by atoms with Crippen LogP contribution in [-0.4, -0.2) is 126 Å². The summed E-state index contributed by atoms with van der Waals surface area (Å²) >= 11 is 1.21. The summed E-state index contributed by atoms with van der Waals surface area (Å²) in [7, 11) is 0.691. The highest BCUT2D eigenvalue weighted by molar-refractivity contribution is 7.99. The molecule has 4 heterocycles. The van der Waals surface area contributed by atoms with E-state index in [1.807, 2.05) is 0 Å². The van der Waals surface area contributed by atoms with Gasteiger partial charge in [-0.15, -0.1) is 11.8 Å². The number of sulfonamides is 1. The van der Waals surface area contributed by atoms with E-state index in [-0.39, 0.29) is 24.5 Å². The summed E-state index contributed by atoms with van der Waals surface area (Å²) < 4.78 is 70.3. The van der Waals surface area contributed by atoms with Gasteiger partial charge in [0.1, 0.15) is 0 Å². The standard InChI is InChI=1S/C31H47F3N6O3S2/c1-36(2)24-9-14-38(15-10-24)20-25(41)21-40-28-11-16-39(45(3,42)43)22-26(28)30(35-40)23-7-8-27(31(32,33)34)29(19-23)44-18-17-37-12-5-4-6-13-37/h7-8,19,24-25,41H,4-6,9-18,20-22H2,1-3H3. The van der Waals surface area contributed by atoms with Gasteiger partial charge in [0.25, 0.3) is 0 Å². The summed E-state index contributed by atoms with van der Waals surface area (Å²) in [5, 5.41) is 16.0. The number of nitrogens with zero attached hydrogens (tertiary/aromatic N) is 6. The molecule has 0 spiro atoms. The fourth-order valence-electron chi connectivity index (χ4n) is 6.80. The summed E-state index contributed by atoms with van der Waals surface area (Å²) in [5.41, 5.74) is 1.84. The molecule has 14 heteroatoms. The molecule has 0 aliphatic carbocycles. The molecule has 1 N–H and O–H groups in total. The van der Waals surface area contributed by atoms with Crippen molar-refractivity contribution in [2.24, 2.45) is 0 Å². The van der Waals surface area contributed by atoms with Crippen LogP contribution in [0.2, 0.25) is 0 Å². The summed E-state index contributed by atoms with van der Waals surface area (Å²) in [6, 6.07) is 4.65. The van der Waals surface area contributed by atoms with Crippen LogP contribution in [0.25, 0.3) is 11.3 Å². The quantitative estimate of drug-likeness (QED) is 0.361. The van der Waals surface area contributed by atoms with Crippen molar-refractivity contribution in [1.82, 2.24) is 28.8 Å². The summed E-state index contributed by atoms with van der Waals surface area (Å²) in [4.78, 5) is 6.96. The molecule has 0 saturated carbocycles. The highest BCUT2D eigenvalue weighted by Gasteiger charge is 2.35. The summed E-state index contributed by atoms with van der Waals surface area (Å²) in [6.07, 6.45) is 1.90. The van der Waals surface area contributed by atoms with Crippen molar-refractivity contribution in [3.05, 3.63) is 35.0 Å². The van der Waals surface area contributed by atoms with Crippen molar-refractivity contribution in [2.45, 2.75) is 74.8 Å². The number of halogens is 3. The molecular weight excluding hydrogens is 626 g/mol. The van der Waals surface area contributed by atoms with Crippen LogP contribution < -0.4 is 0 Å². The molecule has 0 radical (unpaired) electrons. The molecule has 1 unspecified atom stereocenters. The first-order valence-electron chi connectivity index (χ1n) is 16.0. The number of fused-ring (bicyclic) bond motifs is 1. The Balaban J connectivity index is 1.39. The number of β-amino-alcohol motifs (C(OH)–C–C–N with tert-alkyl or cyclic N) is 1. The first-order chi connectivity index (χ1) is 21.3. The molecule has 1 aromatic heterocycles. The second-order valence-electron chi connectivity index (χ2n) is 12.9. The average Bonchev–Trinajstić information content (AvgIpc) is 3.34. The number of benzene rings is 1. The predicted molar refractivity (Wildman–Crippen MR) is 172 cm³/mol. The minimum Gasteiger partial charge on any atom is -0.390 e. The Morgan fingerprint density at radius 1 is 1.04 bits per heavy atom. The van der Waals surface area contributed by atoms with Gasteiger partial charge in [0.15, 0.2) is 0 Å². The molecule has 0 amide bonds. The Hall–Kier alpha value is -1.68. The van der Waals surface area contributed by atoms with E-state index in [1.54, 1.807) is 10.7 Å². The van der Waals surface area contributed by atoms with E-state index in [1.165, 1.54) is 34.8 Å². The number of alkyl halides is 3. The van der Waals surface area contributed by atoms with Gasteiger partial charge in [-0.1, -0.05) is 12.5 Å². The zero-order valence-electron chi connectivity index (χ0n) is 26.6. The van der Waals surface area contributed by atoms with Crippen molar-refractivity contribution in [1.29, 1.82) is 0 Å². The van der Waals surface area contributed by atoms with Gasteiger partial charge in [-0.05, 0) is 78.1 Å². The van der Waals surface area contributed by atoms with Gasteiger partial charge in [0.05, 0.1) is 30.2 Å². The van der Waals surface area contributed by atoms with Crippen LogP contribution in [0.5, 0.6) is 0 Å². The normalized spacial score (nSPS) is 20.5. The molecule has 45 heavy (non-hydrogen) atoms. The molecule has 2 fully saturated rings. The molecule has 9 nitrogen and oxygen atoms in total. The van der Waals surface area contributed by atoms with Gasteiger partial charge in [-0.2, -0.15) is 22.6 Å². The lowest BCUT2D eigenvalue weighted by Gasteiger charge is -2.36. The molecule has 2 aromatic rings. The van der Waals surface area contributed by atoms with Crippen LogP contribution in [0.1, 0.15) is 48.9 Å². The van der Waals surface area contributed by atoms with Crippen molar-refractivity contribution in [3.63, 3.8) is 0 Å². The van der Waals surface area contributed by atoms with Crippen LogP contribution in [-0.2, 0) is 35.7 Å². The molecule has 2 saturated heterocycles. The van der Waals surface area contributed by atoms with E-state index in [4.69, 9.17) is 5.10 Å². The third-order valence-corrected chi connectivity index (χ3v) is 11.7. The van der Waals surface area contributed by atoms with Gasteiger partial charge < -0.3 is 19.8 Å². The molecular formula is C31H47F3N6O3S2. The van der Waals surface area contributed by atoms with Crippen LogP contribution in [0, 0.1) is 0 Å². The Kier molecular flexibility index (Phi) is 11.3. The van der Waals surface area contributed by atoms with Crippen molar-refractivity contribution >= 4 is 21.8 Å². The monoisotopic (exact) mass is 672 g/mol. The van der Waals surface area contributed by atoms with Crippen LogP contribution in [0.15, 0.2) is 23.1 Å². The number of piperidine rings is 2. The Morgan fingerprint density at radius 3 is 2.40 bits per heavy atom. The minimum absolute atomic E-state index is 0.0934. The molecule has 1 aromatic carbocycles. The fraction of sp³-hybridized carbons (Fsp3) is 0.710. The molecule has 0 bridgehead atoms. The zero-order valence-corrected chi connectivity index (χ0v) is 28.2. The number of thioether (sulfide) groups is 1. The van der Waals surface area contributed by atoms with Gasteiger partial charge in [-0.3, -0.25) is 4.68 Å². The first kappa shape index (κ1) is 34.6. The lowest BCUT2D eigenvalue weighted by Crippen LogP contribution is -2.45. The summed E-state index contributed by atoms with van der Waals surface area (Å²) in [6.45, 7) is 5.59. The lowest BCUT2D eigenvalue weighted by molar-refractivity contribution is -0.139.